The van der Waals surface area contributed by atoms with E-state index in [2.05, 4.69) is 48.7 Å². The van der Waals surface area contributed by atoms with Gasteiger partial charge in [-0.05, 0) is 41.1 Å². The van der Waals surface area contributed by atoms with E-state index >= 15 is 0 Å². The monoisotopic (exact) mass is 254 g/mol. The number of fused-ring (bicyclic) bond motifs is 1. The molecule has 0 saturated carbocycles. The van der Waals surface area contributed by atoms with E-state index in [4.69, 9.17) is 0 Å². The largest absolute Gasteiger partial charge is 0.392 e. The van der Waals surface area contributed by atoms with Gasteiger partial charge in [-0.25, -0.2) is 0 Å². The smallest absolute Gasteiger partial charge is 0.0682 e. The summed E-state index contributed by atoms with van der Waals surface area (Å²) in [6.07, 6.45) is 0. The Labute approximate surface area is 110 Å². The van der Waals surface area contributed by atoms with E-state index in [1.54, 1.807) is 11.3 Å². The van der Waals surface area contributed by atoms with Crippen LogP contribution in [0.15, 0.2) is 47.8 Å². The van der Waals surface area contributed by atoms with Gasteiger partial charge in [0, 0.05) is 15.6 Å². The summed E-state index contributed by atoms with van der Waals surface area (Å²) in [7, 11) is 0. The van der Waals surface area contributed by atoms with Crippen LogP contribution in [0.2, 0.25) is 0 Å². The number of aliphatic hydroxyl groups excluding tert-OH is 1. The van der Waals surface area contributed by atoms with E-state index in [-0.39, 0.29) is 6.61 Å². The third-order valence-corrected chi connectivity index (χ3v) is 4.22. The minimum absolute atomic E-state index is 0.0962. The average Bonchev–Trinajstić information content (AvgIpc) is 2.82. The molecule has 3 rings (SSSR count). The van der Waals surface area contributed by atoms with E-state index in [0.29, 0.717) is 0 Å². The second-order valence-corrected chi connectivity index (χ2v) is 5.36. The number of rotatable bonds is 2. The van der Waals surface area contributed by atoms with Crippen molar-refractivity contribution in [3.63, 3.8) is 0 Å². The van der Waals surface area contributed by atoms with Crippen molar-refractivity contribution in [2.45, 2.75) is 13.5 Å². The fourth-order valence-corrected chi connectivity index (χ4v) is 3.20. The molecule has 3 aromatic rings. The zero-order valence-electron chi connectivity index (χ0n) is 10.2. The minimum Gasteiger partial charge on any atom is -0.392 e. The van der Waals surface area contributed by atoms with Crippen LogP contribution >= 0.6 is 11.3 Å². The van der Waals surface area contributed by atoms with Gasteiger partial charge in [0.05, 0.1) is 6.61 Å². The van der Waals surface area contributed by atoms with Gasteiger partial charge in [0.25, 0.3) is 0 Å². The maximum Gasteiger partial charge on any atom is 0.0682 e. The Morgan fingerprint density at radius 3 is 2.67 bits per heavy atom. The zero-order chi connectivity index (χ0) is 12.5. The van der Waals surface area contributed by atoms with Crippen molar-refractivity contribution in [3.05, 3.63) is 59.0 Å². The highest BCUT2D eigenvalue weighted by molar-refractivity contribution is 7.17. The molecule has 0 aliphatic heterocycles. The molecule has 2 aromatic carbocycles. The molecule has 0 bridgehead atoms. The summed E-state index contributed by atoms with van der Waals surface area (Å²) in [4.78, 5) is 0. The van der Waals surface area contributed by atoms with Crippen molar-refractivity contribution >= 4 is 21.4 Å². The molecule has 0 radical (unpaired) electrons. The number of hydrogen-bond acceptors (Lipinski definition) is 2. The molecule has 1 heterocycles. The summed E-state index contributed by atoms with van der Waals surface area (Å²) in [6.45, 7) is 2.23. The lowest BCUT2D eigenvalue weighted by molar-refractivity contribution is 0.282. The Kier molecular flexibility index (Phi) is 2.90. The molecule has 18 heavy (non-hydrogen) atoms. The number of hydrogen-bond donors (Lipinski definition) is 1. The highest BCUT2D eigenvalue weighted by Gasteiger charge is 2.08. The van der Waals surface area contributed by atoms with Crippen LogP contribution in [0.5, 0.6) is 0 Å². The normalized spacial score (nSPS) is 11.0. The van der Waals surface area contributed by atoms with Crippen LogP contribution in [0.1, 0.15) is 11.1 Å². The van der Waals surface area contributed by atoms with Gasteiger partial charge in [0.1, 0.15) is 0 Å². The third-order valence-electron chi connectivity index (χ3n) is 3.26. The summed E-state index contributed by atoms with van der Waals surface area (Å²) in [5.74, 6) is 0. The van der Waals surface area contributed by atoms with Crippen molar-refractivity contribution in [1.82, 2.24) is 0 Å². The van der Waals surface area contributed by atoms with Crippen LogP contribution in [-0.4, -0.2) is 5.11 Å². The topological polar surface area (TPSA) is 20.2 Å². The van der Waals surface area contributed by atoms with Crippen LogP contribution in [0.3, 0.4) is 0 Å². The SMILES string of the molecule is Cc1ccccc1-c1csc2ccc(CO)cc12. The molecule has 1 N–H and O–H groups in total. The van der Waals surface area contributed by atoms with E-state index in [1.807, 2.05) is 6.07 Å². The number of aryl methyl sites for hydroxylation is 1. The molecule has 0 atom stereocenters. The van der Waals surface area contributed by atoms with Gasteiger partial charge in [0.15, 0.2) is 0 Å². The van der Waals surface area contributed by atoms with E-state index in [0.717, 1.165) is 5.56 Å². The predicted octanol–water partition coefficient (Wildman–Crippen LogP) is 4.37. The number of benzene rings is 2. The average molecular weight is 254 g/mol. The van der Waals surface area contributed by atoms with Gasteiger partial charge in [-0.15, -0.1) is 11.3 Å². The van der Waals surface area contributed by atoms with Crippen LogP contribution < -0.4 is 0 Å². The maximum absolute atomic E-state index is 9.25. The first-order valence-corrected chi connectivity index (χ1v) is 6.84. The summed E-state index contributed by atoms with van der Waals surface area (Å²) >= 11 is 1.76. The van der Waals surface area contributed by atoms with Gasteiger partial charge in [-0.1, -0.05) is 30.3 Å². The Morgan fingerprint density at radius 1 is 1.06 bits per heavy atom. The highest BCUT2D eigenvalue weighted by atomic mass is 32.1. The van der Waals surface area contributed by atoms with Crippen molar-refractivity contribution in [3.8, 4) is 11.1 Å². The van der Waals surface area contributed by atoms with E-state index in [1.165, 1.54) is 26.8 Å². The number of thiophene rings is 1. The van der Waals surface area contributed by atoms with Crippen molar-refractivity contribution in [2.75, 3.05) is 0 Å². The summed E-state index contributed by atoms with van der Waals surface area (Å²) in [5.41, 5.74) is 4.80. The second-order valence-electron chi connectivity index (χ2n) is 4.45. The third kappa shape index (κ3) is 1.84. The van der Waals surface area contributed by atoms with Crippen LogP contribution in [0, 0.1) is 6.92 Å². The molecule has 0 spiro atoms. The quantitative estimate of drug-likeness (QED) is 0.720. The Balaban J connectivity index is 2.26. The summed E-state index contributed by atoms with van der Waals surface area (Å²) in [6, 6.07) is 14.6. The molecule has 0 unspecified atom stereocenters. The van der Waals surface area contributed by atoms with Gasteiger partial charge in [-0.2, -0.15) is 0 Å². The molecule has 0 aliphatic carbocycles. The Bertz CT molecular complexity index is 697. The van der Waals surface area contributed by atoms with Gasteiger partial charge in [0.2, 0.25) is 0 Å². The highest BCUT2D eigenvalue weighted by Crippen LogP contribution is 2.35. The molecule has 0 aliphatic rings. The summed E-state index contributed by atoms with van der Waals surface area (Å²) in [5, 5.41) is 12.7. The lowest BCUT2D eigenvalue weighted by Gasteiger charge is -2.05. The maximum atomic E-state index is 9.25. The van der Waals surface area contributed by atoms with Crippen LogP contribution in [0.4, 0.5) is 0 Å². The number of aliphatic hydroxyl groups is 1. The minimum atomic E-state index is 0.0962. The standard InChI is InChI=1S/C16H14OS/c1-11-4-2-3-5-13(11)15-10-18-16-7-6-12(9-17)8-14(15)16/h2-8,10,17H,9H2,1H3. The van der Waals surface area contributed by atoms with E-state index in [9.17, 15) is 5.11 Å². The lowest BCUT2D eigenvalue weighted by Crippen LogP contribution is -1.83. The first-order valence-electron chi connectivity index (χ1n) is 5.96. The molecule has 90 valence electrons. The summed E-state index contributed by atoms with van der Waals surface area (Å²) < 4.78 is 1.27. The molecule has 2 heteroatoms. The molecular weight excluding hydrogens is 240 g/mol. The Hall–Kier alpha value is -1.64. The lowest BCUT2D eigenvalue weighted by atomic mass is 9.99. The zero-order valence-corrected chi connectivity index (χ0v) is 11.0. The first kappa shape index (κ1) is 11.5. The molecule has 1 nitrogen and oxygen atoms in total. The fraction of sp³-hybridized carbons (Fsp3) is 0.125. The predicted molar refractivity (Wildman–Crippen MR) is 77.9 cm³/mol. The first-order chi connectivity index (χ1) is 8.79. The van der Waals surface area contributed by atoms with E-state index < -0.39 is 0 Å². The fourth-order valence-electron chi connectivity index (χ4n) is 2.26. The molecular formula is C16H14OS. The Morgan fingerprint density at radius 2 is 1.89 bits per heavy atom. The van der Waals surface area contributed by atoms with Gasteiger partial charge < -0.3 is 5.11 Å². The molecule has 0 amide bonds. The molecule has 1 aromatic heterocycles. The van der Waals surface area contributed by atoms with Crippen molar-refractivity contribution < 1.29 is 5.11 Å². The van der Waals surface area contributed by atoms with Gasteiger partial charge in [-0.3, -0.25) is 0 Å². The molecule has 0 saturated heterocycles. The second kappa shape index (κ2) is 4.56. The van der Waals surface area contributed by atoms with Crippen molar-refractivity contribution in [1.29, 1.82) is 0 Å². The molecule has 0 fully saturated rings. The van der Waals surface area contributed by atoms with Gasteiger partial charge >= 0.3 is 0 Å². The van der Waals surface area contributed by atoms with Crippen molar-refractivity contribution in [2.24, 2.45) is 0 Å². The van der Waals surface area contributed by atoms with Crippen LogP contribution in [0.25, 0.3) is 21.2 Å². The van der Waals surface area contributed by atoms with Crippen LogP contribution in [-0.2, 0) is 6.61 Å².